The molecule has 1 aromatic carbocycles. The molecule has 0 aliphatic carbocycles. The third kappa shape index (κ3) is 4.35. The fourth-order valence-electron chi connectivity index (χ4n) is 1.57. The summed E-state index contributed by atoms with van der Waals surface area (Å²) in [6, 6.07) is 7.12. The molecular formula is C14H23FN2. The summed E-state index contributed by atoms with van der Waals surface area (Å²) in [7, 11) is 1.92. The normalized spacial score (nSPS) is 13.5. The predicted octanol–water partition coefficient (Wildman–Crippen LogP) is 3.04. The molecule has 1 aromatic rings. The summed E-state index contributed by atoms with van der Waals surface area (Å²) in [6.07, 6.45) is 0. The molecule has 0 spiro atoms. The molecule has 2 nitrogen and oxygen atoms in total. The first-order chi connectivity index (χ1) is 7.81. The molecule has 0 saturated heterocycles. The van der Waals surface area contributed by atoms with Gasteiger partial charge in [-0.05, 0) is 39.8 Å². The maximum Gasteiger partial charge on any atom is 0.146 e. The number of likely N-dealkylation sites (N-methyl/N-ethyl adjacent to an activating group) is 1. The van der Waals surface area contributed by atoms with Gasteiger partial charge in [-0.15, -0.1) is 0 Å². The van der Waals surface area contributed by atoms with Gasteiger partial charge in [0.25, 0.3) is 0 Å². The molecule has 3 heteroatoms. The number of anilines is 1. The van der Waals surface area contributed by atoms with Crippen LogP contribution in [-0.2, 0) is 0 Å². The van der Waals surface area contributed by atoms with Crippen LogP contribution in [0.25, 0.3) is 0 Å². The standard InChI is InChI=1S/C14H23FN2/c1-11(10-16-14(2,3)4)17(5)13-9-7-6-8-12(13)15/h6-9,11,16H,10H2,1-5H3. The highest BCUT2D eigenvalue weighted by molar-refractivity contribution is 5.47. The van der Waals surface area contributed by atoms with Gasteiger partial charge in [0.1, 0.15) is 5.82 Å². The zero-order valence-electron chi connectivity index (χ0n) is 11.4. The van der Waals surface area contributed by atoms with Gasteiger partial charge < -0.3 is 10.2 Å². The Bertz CT molecular complexity index is 357. The van der Waals surface area contributed by atoms with Crippen LogP contribution in [0, 0.1) is 5.82 Å². The number of hydrogen-bond acceptors (Lipinski definition) is 2. The average molecular weight is 238 g/mol. The number of para-hydroxylation sites is 1. The number of hydrogen-bond donors (Lipinski definition) is 1. The fourth-order valence-corrected chi connectivity index (χ4v) is 1.57. The van der Waals surface area contributed by atoms with Gasteiger partial charge in [0.15, 0.2) is 0 Å². The maximum atomic E-state index is 13.6. The van der Waals surface area contributed by atoms with E-state index < -0.39 is 0 Å². The minimum atomic E-state index is -0.169. The van der Waals surface area contributed by atoms with Crippen molar-refractivity contribution in [3.05, 3.63) is 30.1 Å². The van der Waals surface area contributed by atoms with Crippen LogP contribution in [0.4, 0.5) is 10.1 Å². The summed E-state index contributed by atoms with van der Waals surface area (Å²) in [6.45, 7) is 9.30. The van der Waals surface area contributed by atoms with Gasteiger partial charge >= 0.3 is 0 Å². The van der Waals surface area contributed by atoms with Gasteiger partial charge in [-0.2, -0.15) is 0 Å². The SMILES string of the molecule is CC(CNC(C)(C)C)N(C)c1ccccc1F. The van der Waals surface area contributed by atoms with Crippen LogP contribution in [0.1, 0.15) is 27.7 Å². The molecule has 0 fully saturated rings. The smallest absolute Gasteiger partial charge is 0.146 e. The summed E-state index contributed by atoms with van der Waals surface area (Å²) in [5, 5.41) is 3.43. The minimum absolute atomic E-state index is 0.0876. The molecule has 1 N–H and O–H groups in total. The van der Waals surface area contributed by atoms with Crippen molar-refractivity contribution in [3.8, 4) is 0 Å². The molecule has 0 aromatic heterocycles. The molecule has 0 saturated carbocycles. The van der Waals surface area contributed by atoms with Crippen LogP contribution in [0.15, 0.2) is 24.3 Å². The molecule has 1 rings (SSSR count). The minimum Gasteiger partial charge on any atom is -0.368 e. The van der Waals surface area contributed by atoms with Crippen LogP contribution in [0.5, 0.6) is 0 Å². The molecule has 0 radical (unpaired) electrons. The molecule has 1 unspecified atom stereocenters. The largest absolute Gasteiger partial charge is 0.368 e. The van der Waals surface area contributed by atoms with E-state index in [9.17, 15) is 4.39 Å². The van der Waals surface area contributed by atoms with Gasteiger partial charge in [-0.1, -0.05) is 12.1 Å². The quantitative estimate of drug-likeness (QED) is 0.867. The van der Waals surface area contributed by atoms with Gasteiger partial charge in [-0.25, -0.2) is 4.39 Å². The van der Waals surface area contributed by atoms with E-state index in [1.807, 2.05) is 24.1 Å². The Morgan fingerprint density at radius 3 is 2.41 bits per heavy atom. The third-order valence-corrected chi connectivity index (χ3v) is 2.82. The van der Waals surface area contributed by atoms with Gasteiger partial charge in [0, 0.05) is 25.2 Å². The first-order valence-electron chi connectivity index (χ1n) is 6.03. The number of halogens is 1. The van der Waals surface area contributed by atoms with E-state index in [0.717, 1.165) is 6.54 Å². The number of rotatable bonds is 4. The lowest BCUT2D eigenvalue weighted by molar-refractivity contribution is 0.407. The first-order valence-corrected chi connectivity index (χ1v) is 6.03. The van der Waals surface area contributed by atoms with Crippen molar-refractivity contribution in [1.29, 1.82) is 0 Å². The van der Waals surface area contributed by atoms with E-state index in [1.165, 1.54) is 6.07 Å². The Kier molecular flexibility index (Phi) is 4.52. The van der Waals surface area contributed by atoms with Gasteiger partial charge in [0.05, 0.1) is 5.69 Å². The van der Waals surface area contributed by atoms with Crippen LogP contribution in [0.3, 0.4) is 0 Å². The highest BCUT2D eigenvalue weighted by Crippen LogP contribution is 2.19. The van der Waals surface area contributed by atoms with Crippen LogP contribution >= 0.6 is 0 Å². The molecule has 0 amide bonds. The lowest BCUT2D eigenvalue weighted by Crippen LogP contribution is -2.45. The van der Waals surface area contributed by atoms with Crippen LogP contribution in [-0.4, -0.2) is 25.2 Å². The lowest BCUT2D eigenvalue weighted by Gasteiger charge is -2.30. The van der Waals surface area contributed by atoms with Crippen molar-refractivity contribution in [2.75, 3.05) is 18.5 Å². The van der Waals surface area contributed by atoms with Crippen molar-refractivity contribution in [2.24, 2.45) is 0 Å². The summed E-state index contributed by atoms with van der Waals surface area (Å²) in [4.78, 5) is 1.97. The monoisotopic (exact) mass is 238 g/mol. The zero-order valence-corrected chi connectivity index (χ0v) is 11.4. The maximum absolute atomic E-state index is 13.6. The van der Waals surface area contributed by atoms with Crippen molar-refractivity contribution < 1.29 is 4.39 Å². The van der Waals surface area contributed by atoms with Crippen molar-refractivity contribution in [3.63, 3.8) is 0 Å². The number of benzene rings is 1. The van der Waals surface area contributed by atoms with Crippen molar-refractivity contribution >= 4 is 5.69 Å². The molecule has 0 heterocycles. The molecule has 0 bridgehead atoms. The Balaban J connectivity index is 2.64. The Morgan fingerprint density at radius 1 is 1.29 bits per heavy atom. The van der Waals surface area contributed by atoms with E-state index in [4.69, 9.17) is 0 Å². The molecule has 17 heavy (non-hydrogen) atoms. The number of nitrogens with zero attached hydrogens (tertiary/aromatic N) is 1. The number of nitrogens with one attached hydrogen (secondary N) is 1. The fraction of sp³-hybridized carbons (Fsp3) is 0.571. The third-order valence-electron chi connectivity index (χ3n) is 2.82. The molecule has 96 valence electrons. The topological polar surface area (TPSA) is 15.3 Å². The molecule has 1 atom stereocenters. The van der Waals surface area contributed by atoms with Crippen molar-refractivity contribution in [1.82, 2.24) is 5.32 Å². The van der Waals surface area contributed by atoms with Crippen LogP contribution in [0.2, 0.25) is 0 Å². The highest BCUT2D eigenvalue weighted by atomic mass is 19.1. The second kappa shape index (κ2) is 5.50. The Morgan fingerprint density at radius 2 is 1.88 bits per heavy atom. The second-order valence-corrected chi connectivity index (χ2v) is 5.54. The van der Waals surface area contributed by atoms with E-state index in [0.29, 0.717) is 5.69 Å². The average Bonchev–Trinajstić information content (AvgIpc) is 2.24. The summed E-state index contributed by atoms with van der Waals surface area (Å²) < 4.78 is 13.6. The summed E-state index contributed by atoms with van der Waals surface area (Å²) in [5.41, 5.74) is 0.736. The summed E-state index contributed by atoms with van der Waals surface area (Å²) in [5.74, 6) is -0.169. The highest BCUT2D eigenvalue weighted by Gasteiger charge is 2.16. The lowest BCUT2D eigenvalue weighted by atomic mass is 10.1. The molecule has 0 aliphatic rings. The van der Waals surface area contributed by atoms with E-state index in [1.54, 1.807) is 6.07 Å². The van der Waals surface area contributed by atoms with Gasteiger partial charge in [0.2, 0.25) is 0 Å². The van der Waals surface area contributed by atoms with E-state index >= 15 is 0 Å². The van der Waals surface area contributed by atoms with E-state index in [2.05, 4.69) is 33.0 Å². The predicted molar refractivity (Wildman–Crippen MR) is 72.0 cm³/mol. The Labute approximate surface area is 104 Å². The molecule has 0 aliphatic heterocycles. The van der Waals surface area contributed by atoms with Crippen LogP contribution < -0.4 is 10.2 Å². The molecular weight excluding hydrogens is 215 g/mol. The summed E-state index contributed by atoms with van der Waals surface area (Å²) >= 11 is 0. The van der Waals surface area contributed by atoms with E-state index in [-0.39, 0.29) is 17.4 Å². The first kappa shape index (κ1) is 14.0. The van der Waals surface area contributed by atoms with Gasteiger partial charge in [-0.3, -0.25) is 0 Å². The van der Waals surface area contributed by atoms with Crippen molar-refractivity contribution in [2.45, 2.75) is 39.3 Å². The zero-order chi connectivity index (χ0) is 13.1. The second-order valence-electron chi connectivity index (χ2n) is 5.54. The Hall–Kier alpha value is -1.09.